The Morgan fingerprint density at radius 3 is 1.71 bits per heavy atom. The van der Waals surface area contributed by atoms with Crippen LogP contribution in [0, 0.1) is 5.41 Å². The van der Waals surface area contributed by atoms with Crippen LogP contribution in [0.1, 0.15) is 20.8 Å². The fraction of sp³-hybridized carbons (Fsp3) is 0.625. The monoisotopic (exact) mass is 225 g/mol. The summed E-state index contributed by atoms with van der Waals surface area (Å²) in [4.78, 5) is 19.8. The zero-order chi connectivity index (χ0) is 10.7. The minimum atomic E-state index is -0.581. The molecule has 0 fully saturated rings. The topological polar surface area (TPSA) is 76.5 Å². The fourth-order valence-corrected chi connectivity index (χ4v) is 0.387. The standard InChI is InChI=1S/C4H7NO2.C4H8O2.ClH/c1-2-7-4(6)3-5;1-3-6-4(2)5;/h3,5H,2H2,1H3;3H2,1-2H3;1H. The van der Waals surface area contributed by atoms with Gasteiger partial charge < -0.3 is 14.9 Å². The smallest absolute Gasteiger partial charge is 0.348 e. The number of hydrogen-bond donors (Lipinski definition) is 1. The second-order valence-corrected chi connectivity index (χ2v) is 1.82. The number of rotatable bonds is 3. The molecule has 0 heterocycles. The molecule has 0 aliphatic carbocycles. The van der Waals surface area contributed by atoms with Crippen molar-refractivity contribution in [3.63, 3.8) is 0 Å². The quantitative estimate of drug-likeness (QED) is 0.578. The van der Waals surface area contributed by atoms with Gasteiger partial charge in [-0.3, -0.25) is 4.79 Å². The van der Waals surface area contributed by atoms with Gasteiger partial charge in [-0.15, -0.1) is 12.4 Å². The summed E-state index contributed by atoms with van der Waals surface area (Å²) in [5.74, 6) is -0.792. The maximum absolute atomic E-state index is 9.95. The zero-order valence-electron chi connectivity index (χ0n) is 8.53. The minimum Gasteiger partial charge on any atom is -0.466 e. The molecule has 0 aliphatic rings. The lowest BCUT2D eigenvalue weighted by Gasteiger charge is -1.89. The van der Waals surface area contributed by atoms with Gasteiger partial charge in [-0.05, 0) is 13.8 Å². The summed E-state index contributed by atoms with van der Waals surface area (Å²) in [6, 6.07) is 0. The second-order valence-electron chi connectivity index (χ2n) is 1.82. The van der Waals surface area contributed by atoms with Crippen LogP contribution in [-0.2, 0) is 19.1 Å². The van der Waals surface area contributed by atoms with Gasteiger partial charge in [0.15, 0.2) is 0 Å². The molecule has 14 heavy (non-hydrogen) atoms. The summed E-state index contributed by atoms with van der Waals surface area (Å²) in [5.41, 5.74) is 0. The van der Waals surface area contributed by atoms with Crippen LogP contribution in [0.25, 0.3) is 0 Å². The molecule has 0 atom stereocenters. The van der Waals surface area contributed by atoms with Gasteiger partial charge >= 0.3 is 11.9 Å². The predicted octanol–water partition coefficient (Wildman–Crippen LogP) is 1.19. The third-order valence-corrected chi connectivity index (χ3v) is 0.752. The molecule has 0 amide bonds. The molecule has 0 unspecified atom stereocenters. The van der Waals surface area contributed by atoms with E-state index in [2.05, 4.69) is 9.47 Å². The maximum Gasteiger partial charge on any atom is 0.348 e. The van der Waals surface area contributed by atoms with Gasteiger partial charge in [-0.1, -0.05) is 0 Å². The van der Waals surface area contributed by atoms with E-state index in [0.717, 1.165) is 0 Å². The van der Waals surface area contributed by atoms with E-state index in [9.17, 15) is 9.59 Å². The first kappa shape index (κ1) is 18.6. The van der Waals surface area contributed by atoms with Gasteiger partial charge in [0.05, 0.1) is 13.2 Å². The minimum absolute atomic E-state index is 0. The molecular formula is C8H16ClNO4. The molecule has 0 bridgehead atoms. The van der Waals surface area contributed by atoms with Crippen LogP contribution in [0.2, 0.25) is 0 Å². The van der Waals surface area contributed by atoms with Gasteiger partial charge in [-0.2, -0.15) is 0 Å². The Kier molecular flexibility index (Phi) is 19.2. The van der Waals surface area contributed by atoms with Crippen molar-refractivity contribution in [1.82, 2.24) is 0 Å². The van der Waals surface area contributed by atoms with E-state index in [1.54, 1.807) is 13.8 Å². The van der Waals surface area contributed by atoms with E-state index in [1.807, 2.05) is 0 Å². The number of esters is 2. The number of halogens is 1. The first-order valence-corrected chi connectivity index (χ1v) is 3.89. The average Bonchev–Trinajstić information content (AvgIpc) is 2.05. The van der Waals surface area contributed by atoms with Crippen molar-refractivity contribution < 1.29 is 19.1 Å². The zero-order valence-corrected chi connectivity index (χ0v) is 9.35. The number of hydrogen-bond acceptors (Lipinski definition) is 5. The molecule has 6 heteroatoms. The van der Waals surface area contributed by atoms with Gasteiger partial charge in [0.25, 0.3) is 0 Å². The highest BCUT2D eigenvalue weighted by Crippen LogP contribution is 1.69. The van der Waals surface area contributed by atoms with Crippen LogP contribution in [0.4, 0.5) is 0 Å². The van der Waals surface area contributed by atoms with Crippen LogP contribution < -0.4 is 0 Å². The van der Waals surface area contributed by atoms with E-state index in [-0.39, 0.29) is 18.4 Å². The molecule has 0 radical (unpaired) electrons. The Labute approximate surface area is 89.7 Å². The molecule has 0 rings (SSSR count). The van der Waals surface area contributed by atoms with Crippen LogP contribution in [0.5, 0.6) is 0 Å². The van der Waals surface area contributed by atoms with Crippen molar-refractivity contribution in [2.24, 2.45) is 0 Å². The Hall–Kier alpha value is -1.10. The lowest BCUT2D eigenvalue weighted by molar-refractivity contribution is -0.140. The normalized spacial score (nSPS) is 7.07. The molecule has 0 aromatic heterocycles. The highest BCUT2D eigenvalue weighted by atomic mass is 35.5. The Balaban J connectivity index is -0.000000163. The van der Waals surface area contributed by atoms with Crippen LogP contribution in [-0.4, -0.2) is 31.4 Å². The largest absolute Gasteiger partial charge is 0.466 e. The average molecular weight is 226 g/mol. The Morgan fingerprint density at radius 1 is 1.21 bits per heavy atom. The summed E-state index contributed by atoms with van der Waals surface area (Å²) >= 11 is 0. The van der Waals surface area contributed by atoms with Crippen LogP contribution in [0.3, 0.4) is 0 Å². The van der Waals surface area contributed by atoms with Crippen molar-refractivity contribution in [3.05, 3.63) is 0 Å². The third kappa shape index (κ3) is 22.4. The van der Waals surface area contributed by atoms with E-state index in [0.29, 0.717) is 19.4 Å². The molecular weight excluding hydrogens is 210 g/mol. The van der Waals surface area contributed by atoms with Gasteiger partial charge in [0, 0.05) is 6.92 Å². The maximum atomic E-state index is 9.95. The highest BCUT2D eigenvalue weighted by molar-refractivity contribution is 6.21. The lowest BCUT2D eigenvalue weighted by atomic mass is 10.7. The van der Waals surface area contributed by atoms with Crippen molar-refractivity contribution in [3.8, 4) is 0 Å². The SMILES string of the molecule is CCOC(=O)C=N.CCOC(C)=O.Cl. The van der Waals surface area contributed by atoms with Crippen molar-refractivity contribution >= 4 is 30.6 Å². The van der Waals surface area contributed by atoms with Crippen LogP contribution >= 0.6 is 12.4 Å². The molecule has 1 N–H and O–H groups in total. The van der Waals surface area contributed by atoms with Gasteiger partial charge in [0.2, 0.25) is 0 Å². The Bertz CT molecular complexity index is 173. The molecule has 0 saturated heterocycles. The summed E-state index contributed by atoms with van der Waals surface area (Å²) in [6.07, 6.45) is 0.642. The van der Waals surface area contributed by atoms with Crippen molar-refractivity contribution in [1.29, 1.82) is 5.41 Å². The summed E-state index contributed by atoms with van der Waals surface area (Å²) in [6.45, 7) is 5.69. The molecule has 5 nitrogen and oxygen atoms in total. The van der Waals surface area contributed by atoms with Gasteiger partial charge in [0.1, 0.15) is 6.21 Å². The lowest BCUT2D eigenvalue weighted by Crippen LogP contribution is -2.02. The third-order valence-electron chi connectivity index (χ3n) is 0.752. The van der Waals surface area contributed by atoms with Crippen LogP contribution in [0.15, 0.2) is 0 Å². The van der Waals surface area contributed by atoms with Gasteiger partial charge in [-0.25, -0.2) is 4.79 Å². The van der Waals surface area contributed by atoms with Crippen molar-refractivity contribution in [2.45, 2.75) is 20.8 Å². The predicted molar refractivity (Wildman–Crippen MR) is 55.0 cm³/mol. The number of carbonyl (C=O) groups is 2. The summed E-state index contributed by atoms with van der Waals surface area (Å²) < 4.78 is 8.71. The van der Waals surface area contributed by atoms with E-state index < -0.39 is 5.97 Å². The van der Waals surface area contributed by atoms with E-state index in [4.69, 9.17) is 5.41 Å². The first-order valence-electron chi connectivity index (χ1n) is 3.89. The first-order chi connectivity index (χ1) is 6.08. The number of nitrogens with one attached hydrogen (secondary N) is 1. The number of ether oxygens (including phenoxy) is 2. The molecule has 0 saturated carbocycles. The Morgan fingerprint density at radius 2 is 1.64 bits per heavy atom. The van der Waals surface area contributed by atoms with Crippen molar-refractivity contribution in [2.75, 3.05) is 13.2 Å². The molecule has 0 aromatic rings. The van der Waals surface area contributed by atoms with E-state index >= 15 is 0 Å². The number of carbonyl (C=O) groups excluding carboxylic acids is 2. The fourth-order valence-electron chi connectivity index (χ4n) is 0.387. The summed E-state index contributed by atoms with van der Waals surface area (Å²) in [7, 11) is 0. The molecule has 0 spiro atoms. The highest BCUT2D eigenvalue weighted by Gasteiger charge is 1.88. The molecule has 84 valence electrons. The van der Waals surface area contributed by atoms with E-state index in [1.165, 1.54) is 6.92 Å². The summed E-state index contributed by atoms with van der Waals surface area (Å²) in [5, 5.41) is 6.31. The second kappa shape index (κ2) is 14.4. The molecule has 0 aromatic carbocycles. The molecule has 0 aliphatic heterocycles.